The number of nitrogens with zero attached hydrogens (tertiary/aromatic N) is 6. The SMILES string of the molecule is Cc1cc(NC(=O)N[C@@H]2CCN(CC(=O)NC(C)C)C[C@H]2CN2CCC[C@@H](Cc3ccc(F)cc3)C2)cc(-c2nnnn2C)c1. The first kappa shape index (κ1) is 32.5. The molecule has 0 bridgehead atoms. The van der Waals surface area contributed by atoms with E-state index >= 15 is 0 Å². The van der Waals surface area contributed by atoms with Crippen LogP contribution in [-0.4, -0.2) is 93.3 Å². The smallest absolute Gasteiger partial charge is 0.319 e. The molecule has 45 heavy (non-hydrogen) atoms. The second-order valence-electron chi connectivity index (χ2n) is 13.0. The molecule has 3 heterocycles. The molecule has 0 unspecified atom stereocenters. The quantitative estimate of drug-likeness (QED) is 0.317. The topological polar surface area (TPSA) is 120 Å². The summed E-state index contributed by atoms with van der Waals surface area (Å²) in [7, 11) is 1.78. The molecule has 3 aromatic rings. The van der Waals surface area contributed by atoms with Crippen LogP contribution in [0.2, 0.25) is 0 Å². The monoisotopic (exact) mass is 619 g/mol. The van der Waals surface area contributed by atoms with Crippen molar-refractivity contribution in [1.29, 1.82) is 0 Å². The molecule has 0 spiro atoms. The van der Waals surface area contributed by atoms with Crippen molar-refractivity contribution in [2.24, 2.45) is 18.9 Å². The highest BCUT2D eigenvalue weighted by atomic mass is 19.1. The Balaban J connectivity index is 1.24. The van der Waals surface area contributed by atoms with E-state index in [1.54, 1.807) is 11.7 Å². The molecule has 5 rings (SSSR count). The minimum atomic E-state index is -0.253. The first-order valence-electron chi connectivity index (χ1n) is 16.0. The van der Waals surface area contributed by atoms with Crippen LogP contribution >= 0.6 is 0 Å². The number of carbonyl (C=O) groups excluding carboxylic acids is 2. The largest absolute Gasteiger partial charge is 0.353 e. The number of rotatable bonds is 10. The van der Waals surface area contributed by atoms with Gasteiger partial charge in [-0.25, -0.2) is 13.9 Å². The van der Waals surface area contributed by atoms with E-state index in [4.69, 9.17) is 0 Å². The molecule has 11 nitrogen and oxygen atoms in total. The molecule has 0 saturated carbocycles. The van der Waals surface area contributed by atoms with Gasteiger partial charge in [0.1, 0.15) is 5.82 Å². The van der Waals surface area contributed by atoms with Gasteiger partial charge >= 0.3 is 6.03 Å². The second-order valence-corrected chi connectivity index (χ2v) is 13.0. The molecule has 242 valence electrons. The van der Waals surface area contributed by atoms with E-state index < -0.39 is 0 Å². The molecule has 2 aliphatic rings. The average Bonchev–Trinajstić information content (AvgIpc) is 3.41. The molecule has 3 atom stereocenters. The van der Waals surface area contributed by atoms with Gasteiger partial charge in [0.05, 0.1) is 6.54 Å². The number of tetrazole rings is 1. The normalized spacial score (nSPS) is 21.1. The van der Waals surface area contributed by atoms with Crippen molar-refractivity contribution < 1.29 is 14.0 Å². The average molecular weight is 620 g/mol. The third kappa shape index (κ3) is 9.30. The van der Waals surface area contributed by atoms with Gasteiger partial charge in [-0.3, -0.25) is 9.69 Å². The zero-order valence-electron chi connectivity index (χ0n) is 26.8. The van der Waals surface area contributed by atoms with Crippen LogP contribution in [-0.2, 0) is 18.3 Å². The minimum absolute atomic E-state index is 0.0265. The summed E-state index contributed by atoms with van der Waals surface area (Å²) in [5.41, 5.74) is 3.64. The molecule has 3 amide bonds. The van der Waals surface area contributed by atoms with Crippen molar-refractivity contribution in [2.75, 3.05) is 44.6 Å². The maximum absolute atomic E-state index is 13.4. The Hall–Kier alpha value is -3.90. The molecular weight excluding hydrogens is 573 g/mol. The van der Waals surface area contributed by atoms with Gasteiger partial charge in [-0.15, -0.1) is 5.10 Å². The van der Waals surface area contributed by atoms with E-state index in [0.29, 0.717) is 24.0 Å². The van der Waals surface area contributed by atoms with Gasteiger partial charge in [-0.2, -0.15) is 0 Å². The number of anilines is 1. The van der Waals surface area contributed by atoms with Crippen LogP contribution < -0.4 is 16.0 Å². The van der Waals surface area contributed by atoms with Gasteiger partial charge in [0, 0.05) is 62.5 Å². The van der Waals surface area contributed by atoms with Crippen molar-refractivity contribution >= 4 is 17.6 Å². The number of aromatic nitrogens is 4. The van der Waals surface area contributed by atoms with Crippen molar-refractivity contribution in [3.05, 3.63) is 59.4 Å². The molecule has 0 radical (unpaired) electrons. The number of urea groups is 1. The van der Waals surface area contributed by atoms with Crippen molar-refractivity contribution in [2.45, 2.75) is 58.5 Å². The number of aryl methyl sites for hydroxylation is 2. The first-order chi connectivity index (χ1) is 21.6. The Kier molecular flexibility index (Phi) is 10.8. The zero-order valence-corrected chi connectivity index (χ0v) is 26.8. The highest BCUT2D eigenvalue weighted by molar-refractivity contribution is 5.90. The van der Waals surface area contributed by atoms with Crippen LogP contribution in [0.1, 0.15) is 44.2 Å². The number of piperidine rings is 2. The number of benzene rings is 2. The molecule has 2 aliphatic heterocycles. The maximum atomic E-state index is 13.4. The van der Waals surface area contributed by atoms with Gasteiger partial charge in [-0.05, 0) is 111 Å². The van der Waals surface area contributed by atoms with Crippen LogP contribution in [0, 0.1) is 24.6 Å². The fourth-order valence-electron chi connectivity index (χ4n) is 6.76. The van der Waals surface area contributed by atoms with Gasteiger partial charge in [0.15, 0.2) is 5.82 Å². The fourth-order valence-corrected chi connectivity index (χ4v) is 6.76. The number of hydrogen-bond donors (Lipinski definition) is 3. The third-order valence-corrected chi connectivity index (χ3v) is 8.70. The summed E-state index contributed by atoms with van der Waals surface area (Å²) in [5.74, 6) is 1.09. The van der Waals surface area contributed by atoms with Crippen LogP contribution in [0.5, 0.6) is 0 Å². The number of carbonyl (C=O) groups is 2. The number of amides is 3. The van der Waals surface area contributed by atoms with E-state index in [0.717, 1.165) is 75.1 Å². The molecule has 2 fully saturated rings. The highest BCUT2D eigenvalue weighted by Crippen LogP contribution is 2.26. The molecular formula is C33H46FN9O2. The van der Waals surface area contributed by atoms with Crippen LogP contribution in [0.15, 0.2) is 42.5 Å². The Morgan fingerprint density at radius 1 is 1.04 bits per heavy atom. The Labute approximate surface area is 264 Å². The summed E-state index contributed by atoms with van der Waals surface area (Å²) >= 11 is 0. The maximum Gasteiger partial charge on any atom is 0.319 e. The zero-order chi connectivity index (χ0) is 31.9. The minimum Gasteiger partial charge on any atom is -0.353 e. The predicted molar refractivity (Wildman–Crippen MR) is 172 cm³/mol. The summed E-state index contributed by atoms with van der Waals surface area (Å²) in [6.07, 6.45) is 3.93. The predicted octanol–water partition coefficient (Wildman–Crippen LogP) is 3.62. The lowest BCUT2D eigenvalue weighted by Crippen LogP contribution is -2.56. The van der Waals surface area contributed by atoms with E-state index in [1.165, 1.54) is 12.1 Å². The van der Waals surface area contributed by atoms with E-state index in [1.807, 2.05) is 51.1 Å². The van der Waals surface area contributed by atoms with E-state index in [-0.39, 0.29) is 35.8 Å². The summed E-state index contributed by atoms with van der Waals surface area (Å²) in [6.45, 7) is 10.5. The lowest BCUT2D eigenvalue weighted by molar-refractivity contribution is -0.123. The summed E-state index contributed by atoms with van der Waals surface area (Å²) < 4.78 is 15.0. The summed E-state index contributed by atoms with van der Waals surface area (Å²) in [4.78, 5) is 30.7. The van der Waals surface area contributed by atoms with Crippen molar-refractivity contribution in [3.63, 3.8) is 0 Å². The highest BCUT2D eigenvalue weighted by Gasteiger charge is 2.34. The molecule has 2 saturated heterocycles. The van der Waals surface area contributed by atoms with Crippen LogP contribution in [0.4, 0.5) is 14.9 Å². The molecule has 0 aliphatic carbocycles. The second kappa shape index (κ2) is 14.9. The van der Waals surface area contributed by atoms with Crippen molar-refractivity contribution in [1.82, 2.24) is 40.6 Å². The standard InChI is InChI=1S/C33H46FN9O2/c1-22(2)35-31(44)21-43-13-11-30(37-33(45)36-29-15-23(3)14-26(17-29)32-38-39-40-41(32)4)27(20-43)19-42-12-5-6-25(18-42)16-24-7-9-28(34)10-8-24/h7-10,14-15,17,22,25,27,30H,5-6,11-13,16,18-21H2,1-4H3,(H,35,44)(H2,36,37,45)/t25-,27+,30+/m0/s1. The number of likely N-dealkylation sites (tertiary alicyclic amines) is 2. The van der Waals surface area contributed by atoms with Gasteiger partial charge in [0.25, 0.3) is 0 Å². The molecule has 1 aromatic heterocycles. The van der Waals surface area contributed by atoms with Crippen molar-refractivity contribution in [3.8, 4) is 11.4 Å². The summed E-state index contributed by atoms with van der Waals surface area (Å²) in [5, 5.41) is 21.1. The number of hydrogen-bond acceptors (Lipinski definition) is 7. The molecule has 2 aromatic carbocycles. The summed E-state index contributed by atoms with van der Waals surface area (Å²) in [6, 6.07) is 12.4. The van der Waals surface area contributed by atoms with Gasteiger partial charge in [-0.1, -0.05) is 12.1 Å². The third-order valence-electron chi connectivity index (χ3n) is 8.70. The fraction of sp³-hybridized carbons (Fsp3) is 0.545. The van der Waals surface area contributed by atoms with E-state index in [9.17, 15) is 14.0 Å². The lowest BCUT2D eigenvalue weighted by atomic mass is 9.88. The van der Waals surface area contributed by atoms with Crippen LogP contribution in [0.25, 0.3) is 11.4 Å². The molecule has 12 heteroatoms. The first-order valence-corrected chi connectivity index (χ1v) is 16.0. The Morgan fingerprint density at radius 3 is 2.58 bits per heavy atom. The van der Waals surface area contributed by atoms with E-state index in [2.05, 4.69) is 41.3 Å². The van der Waals surface area contributed by atoms with Crippen LogP contribution in [0.3, 0.4) is 0 Å². The van der Waals surface area contributed by atoms with Gasteiger partial charge < -0.3 is 20.9 Å². The Bertz CT molecular complexity index is 1440. The molecule has 3 N–H and O–H groups in total. The number of nitrogens with one attached hydrogen (secondary N) is 3. The Morgan fingerprint density at radius 2 is 1.84 bits per heavy atom. The lowest BCUT2D eigenvalue weighted by Gasteiger charge is -2.42. The number of halogens is 1. The van der Waals surface area contributed by atoms with Gasteiger partial charge in [0.2, 0.25) is 5.91 Å².